The Hall–Kier alpha value is -3.85. The summed E-state index contributed by atoms with van der Waals surface area (Å²) >= 11 is 0. The number of hydrogen-bond acceptors (Lipinski definition) is 8. The number of piperidine rings is 1. The molecule has 0 saturated carbocycles. The summed E-state index contributed by atoms with van der Waals surface area (Å²) in [5.74, 6) is 1.20. The second-order valence-electron chi connectivity index (χ2n) is 10.5. The van der Waals surface area contributed by atoms with Crippen molar-refractivity contribution in [2.75, 3.05) is 17.6 Å². The van der Waals surface area contributed by atoms with Gasteiger partial charge >= 0.3 is 0 Å². The molecule has 5 rings (SSSR count). The van der Waals surface area contributed by atoms with Crippen LogP contribution in [0.4, 0.5) is 17.5 Å². The van der Waals surface area contributed by atoms with Crippen molar-refractivity contribution in [3.8, 4) is 0 Å². The number of rotatable bonds is 4. The Morgan fingerprint density at radius 1 is 1.05 bits per heavy atom. The maximum Gasteiger partial charge on any atom is 0.254 e. The molecular weight excluding hydrogens is 478 g/mol. The molecule has 2 aliphatic rings. The van der Waals surface area contributed by atoms with Crippen LogP contribution in [0.15, 0.2) is 42.7 Å². The molecule has 3 aromatic rings. The second kappa shape index (κ2) is 11.7. The first-order valence-corrected chi connectivity index (χ1v) is 13.0. The SMILES string of the molecule is CC(C)=O.Cc1cc(C)cc(Nc2ncc3c(n2)CN([C@@H]2CCN(C(=O)c4ccnc(N)c4)[C@H](C)C2)C3)c1. The number of Topliss-reactive ketones (excluding diaryl/α,β-unsaturated/α-hetero) is 1. The molecule has 2 atom stereocenters. The highest BCUT2D eigenvalue weighted by Crippen LogP contribution is 2.31. The van der Waals surface area contributed by atoms with E-state index in [1.807, 2.05) is 11.1 Å². The van der Waals surface area contributed by atoms with Gasteiger partial charge in [0.2, 0.25) is 5.95 Å². The number of benzene rings is 1. The third kappa shape index (κ3) is 6.72. The Labute approximate surface area is 224 Å². The van der Waals surface area contributed by atoms with Crippen LogP contribution in [-0.2, 0) is 17.9 Å². The molecule has 1 aromatic carbocycles. The van der Waals surface area contributed by atoms with Gasteiger partial charge in [-0.05, 0) is 82.9 Å². The van der Waals surface area contributed by atoms with Crippen molar-refractivity contribution in [3.63, 3.8) is 0 Å². The van der Waals surface area contributed by atoms with Gasteiger partial charge in [0.05, 0.1) is 5.69 Å². The molecule has 9 heteroatoms. The number of likely N-dealkylation sites (tertiary alicyclic amines) is 1. The molecule has 0 spiro atoms. The lowest BCUT2D eigenvalue weighted by Crippen LogP contribution is -2.50. The van der Waals surface area contributed by atoms with E-state index in [0.717, 1.165) is 43.9 Å². The Morgan fingerprint density at radius 3 is 2.42 bits per heavy atom. The monoisotopic (exact) mass is 515 g/mol. The minimum absolute atomic E-state index is 0.0257. The van der Waals surface area contributed by atoms with Crippen LogP contribution in [0, 0.1) is 13.8 Å². The summed E-state index contributed by atoms with van der Waals surface area (Å²) in [6.07, 6.45) is 5.40. The van der Waals surface area contributed by atoms with Crippen LogP contribution in [0.3, 0.4) is 0 Å². The Kier molecular flexibility index (Phi) is 8.36. The van der Waals surface area contributed by atoms with Crippen molar-refractivity contribution in [1.29, 1.82) is 0 Å². The highest BCUT2D eigenvalue weighted by molar-refractivity contribution is 5.95. The normalized spacial score (nSPS) is 18.8. The number of aryl methyl sites for hydroxylation is 2. The second-order valence-corrected chi connectivity index (χ2v) is 10.5. The van der Waals surface area contributed by atoms with E-state index in [1.165, 1.54) is 30.5 Å². The van der Waals surface area contributed by atoms with Crippen molar-refractivity contribution >= 4 is 29.1 Å². The lowest BCUT2D eigenvalue weighted by Gasteiger charge is -2.41. The molecule has 1 amide bonds. The number of carbonyl (C=O) groups excluding carboxylic acids is 2. The fourth-order valence-electron chi connectivity index (χ4n) is 5.20. The van der Waals surface area contributed by atoms with E-state index in [-0.39, 0.29) is 17.7 Å². The topological polar surface area (TPSA) is 117 Å². The number of nitrogens with one attached hydrogen (secondary N) is 1. The van der Waals surface area contributed by atoms with E-state index in [2.05, 4.69) is 59.2 Å². The van der Waals surface area contributed by atoms with Gasteiger partial charge in [-0.15, -0.1) is 0 Å². The van der Waals surface area contributed by atoms with Gasteiger partial charge in [0.25, 0.3) is 5.91 Å². The van der Waals surface area contributed by atoms with Crippen molar-refractivity contribution in [2.24, 2.45) is 0 Å². The smallest absolute Gasteiger partial charge is 0.254 e. The third-order valence-corrected chi connectivity index (χ3v) is 6.81. The molecule has 3 N–H and O–H groups in total. The van der Waals surface area contributed by atoms with Gasteiger partial charge in [-0.3, -0.25) is 9.69 Å². The predicted molar refractivity (Wildman–Crippen MR) is 149 cm³/mol. The zero-order valence-electron chi connectivity index (χ0n) is 22.9. The number of nitrogens with two attached hydrogens (primary N) is 1. The van der Waals surface area contributed by atoms with E-state index in [1.54, 1.807) is 18.3 Å². The summed E-state index contributed by atoms with van der Waals surface area (Å²) < 4.78 is 0. The summed E-state index contributed by atoms with van der Waals surface area (Å²) in [6, 6.07) is 10.3. The minimum Gasteiger partial charge on any atom is -0.384 e. The first kappa shape index (κ1) is 27.2. The van der Waals surface area contributed by atoms with Crippen molar-refractivity contribution in [2.45, 2.75) is 72.6 Å². The van der Waals surface area contributed by atoms with Crippen LogP contribution >= 0.6 is 0 Å². The van der Waals surface area contributed by atoms with Gasteiger partial charge in [-0.2, -0.15) is 0 Å². The molecule has 2 aliphatic heterocycles. The number of fused-ring (bicyclic) bond motifs is 1. The molecular formula is C29H37N7O2. The fraction of sp³-hybridized carbons (Fsp3) is 0.414. The maximum absolute atomic E-state index is 13.0. The molecule has 200 valence electrons. The summed E-state index contributed by atoms with van der Waals surface area (Å²) in [5.41, 5.74) is 12.1. The first-order valence-electron chi connectivity index (χ1n) is 13.0. The molecule has 0 unspecified atom stereocenters. The number of hydrogen-bond donors (Lipinski definition) is 2. The zero-order valence-corrected chi connectivity index (χ0v) is 22.9. The van der Waals surface area contributed by atoms with Gasteiger partial charge in [0.15, 0.2) is 0 Å². The quantitative estimate of drug-likeness (QED) is 0.524. The molecule has 1 fully saturated rings. The van der Waals surface area contributed by atoms with Crippen molar-refractivity contribution < 1.29 is 9.59 Å². The zero-order chi connectivity index (χ0) is 27.4. The minimum atomic E-state index is 0.0257. The molecule has 0 bridgehead atoms. The number of pyridine rings is 1. The molecule has 0 radical (unpaired) electrons. The number of carbonyl (C=O) groups is 2. The third-order valence-electron chi connectivity index (χ3n) is 6.81. The van der Waals surface area contributed by atoms with Crippen molar-refractivity contribution in [3.05, 3.63) is 70.7 Å². The van der Waals surface area contributed by atoms with Crippen LogP contribution < -0.4 is 11.1 Å². The molecule has 1 saturated heterocycles. The van der Waals surface area contributed by atoms with Crippen LogP contribution in [0.25, 0.3) is 0 Å². The van der Waals surface area contributed by atoms with Gasteiger partial charge in [-0.25, -0.2) is 15.0 Å². The van der Waals surface area contributed by atoms with Crippen molar-refractivity contribution in [1.82, 2.24) is 24.8 Å². The summed E-state index contributed by atoms with van der Waals surface area (Å²) in [6.45, 7) is 11.8. The Bertz CT molecular complexity index is 1300. The highest BCUT2D eigenvalue weighted by Gasteiger charge is 2.35. The van der Waals surface area contributed by atoms with Gasteiger partial charge < -0.3 is 20.7 Å². The molecule has 38 heavy (non-hydrogen) atoms. The molecule has 4 heterocycles. The van der Waals surface area contributed by atoms with E-state index in [4.69, 9.17) is 10.7 Å². The average Bonchev–Trinajstić information content (AvgIpc) is 3.26. The Balaban J connectivity index is 0.000000786. The van der Waals surface area contributed by atoms with E-state index < -0.39 is 0 Å². The Morgan fingerprint density at radius 2 is 1.76 bits per heavy atom. The molecule has 2 aromatic heterocycles. The van der Waals surface area contributed by atoms with E-state index in [0.29, 0.717) is 23.4 Å². The summed E-state index contributed by atoms with van der Waals surface area (Å²) in [7, 11) is 0. The van der Waals surface area contributed by atoms with Gasteiger partial charge in [0.1, 0.15) is 11.6 Å². The fourth-order valence-corrected chi connectivity index (χ4v) is 5.20. The van der Waals surface area contributed by atoms with E-state index >= 15 is 0 Å². The number of amides is 1. The predicted octanol–water partition coefficient (Wildman–Crippen LogP) is 4.42. The lowest BCUT2D eigenvalue weighted by atomic mass is 9.96. The number of anilines is 3. The van der Waals surface area contributed by atoms with E-state index in [9.17, 15) is 9.59 Å². The summed E-state index contributed by atoms with van der Waals surface area (Å²) in [5, 5.41) is 3.36. The van der Waals surface area contributed by atoms with Gasteiger partial charge in [0, 0.05) is 60.9 Å². The number of nitrogens with zero attached hydrogens (tertiary/aromatic N) is 5. The highest BCUT2D eigenvalue weighted by atomic mass is 16.2. The summed E-state index contributed by atoms with van der Waals surface area (Å²) in [4.78, 5) is 40.2. The maximum atomic E-state index is 13.0. The van der Waals surface area contributed by atoms with Gasteiger partial charge in [-0.1, -0.05) is 6.07 Å². The average molecular weight is 516 g/mol. The van der Waals surface area contributed by atoms with Crippen LogP contribution in [0.2, 0.25) is 0 Å². The van der Waals surface area contributed by atoms with Crippen LogP contribution in [0.1, 0.15) is 66.4 Å². The largest absolute Gasteiger partial charge is 0.384 e. The van der Waals surface area contributed by atoms with Crippen LogP contribution in [0.5, 0.6) is 0 Å². The molecule has 0 aliphatic carbocycles. The van der Waals surface area contributed by atoms with Crippen LogP contribution in [-0.4, -0.2) is 55.1 Å². The number of aromatic nitrogens is 3. The lowest BCUT2D eigenvalue weighted by molar-refractivity contribution is -0.115. The molecule has 9 nitrogen and oxygen atoms in total. The first-order chi connectivity index (χ1) is 18.1. The standard InChI is InChI=1S/C26H31N7O.C3H6O/c1-16-8-17(2)10-21(9-16)30-26-29-13-20-14-32(15-23(20)31-26)22-5-7-33(18(3)11-22)25(34)19-4-6-28-24(27)12-19;1-3(2)4/h4,6,8-10,12-13,18,22H,5,7,11,14-15H2,1-3H3,(H2,27,28)(H,29,30,31);1-2H3/t18-,22-;/m1./s1. The number of ketones is 1. The number of nitrogen functional groups attached to an aromatic ring is 1.